The van der Waals surface area contributed by atoms with Crippen molar-refractivity contribution in [3.63, 3.8) is 0 Å². The molecule has 2 aromatic rings. The Kier molecular flexibility index (Phi) is 4.35. The highest BCUT2D eigenvalue weighted by Gasteiger charge is 2.23. The van der Waals surface area contributed by atoms with Crippen LogP contribution in [0.2, 0.25) is 10.0 Å². The number of benzene rings is 2. The summed E-state index contributed by atoms with van der Waals surface area (Å²) in [6, 6.07) is 14.3. The van der Waals surface area contributed by atoms with Crippen molar-refractivity contribution in [1.82, 2.24) is 0 Å². The normalized spacial score (nSPS) is 13.6. The summed E-state index contributed by atoms with van der Waals surface area (Å²) >= 11 is 11.9. The number of nitrogens with zero attached hydrogens (tertiary/aromatic N) is 1. The Balaban J connectivity index is 2.25. The second-order valence-corrected chi connectivity index (χ2v) is 5.70. The SMILES string of the molecule is CC(O)(Cc1ccc(Cl)c(Cl)c1)c1ccc(C#N)cc1. The van der Waals surface area contributed by atoms with Gasteiger partial charge in [0.2, 0.25) is 0 Å². The molecule has 0 amide bonds. The molecule has 102 valence electrons. The van der Waals surface area contributed by atoms with Gasteiger partial charge in [0.05, 0.1) is 27.3 Å². The zero-order chi connectivity index (χ0) is 14.8. The Labute approximate surface area is 128 Å². The highest BCUT2D eigenvalue weighted by Crippen LogP contribution is 2.29. The molecule has 1 unspecified atom stereocenters. The first-order valence-electron chi connectivity index (χ1n) is 6.09. The molecule has 2 aromatic carbocycles. The molecule has 20 heavy (non-hydrogen) atoms. The first kappa shape index (κ1) is 14.9. The number of hydrogen-bond donors (Lipinski definition) is 1. The molecule has 0 fully saturated rings. The lowest BCUT2D eigenvalue weighted by atomic mass is 9.89. The average Bonchev–Trinajstić information content (AvgIpc) is 2.43. The van der Waals surface area contributed by atoms with Gasteiger partial charge in [0.25, 0.3) is 0 Å². The van der Waals surface area contributed by atoms with Crippen LogP contribution in [0.5, 0.6) is 0 Å². The zero-order valence-electron chi connectivity index (χ0n) is 10.9. The third-order valence-corrected chi connectivity index (χ3v) is 3.91. The molecule has 0 aliphatic heterocycles. The molecule has 0 saturated carbocycles. The molecular formula is C16H13Cl2NO. The largest absolute Gasteiger partial charge is 0.385 e. The van der Waals surface area contributed by atoms with Crippen LogP contribution < -0.4 is 0 Å². The second kappa shape index (κ2) is 5.85. The van der Waals surface area contributed by atoms with Gasteiger partial charge in [-0.1, -0.05) is 41.4 Å². The molecule has 0 spiro atoms. The minimum Gasteiger partial charge on any atom is -0.385 e. The Hall–Kier alpha value is -1.53. The van der Waals surface area contributed by atoms with Gasteiger partial charge in [0, 0.05) is 6.42 Å². The smallest absolute Gasteiger partial charge is 0.0991 e. The van der Waals surface area contributed by atoms with Crippen LogP contribution in [0.25, 0.3) is 0 Å². The number of nitriles is 1. The van der Waals surface area contributed by atoms with Crippen molar-refractivity contribution in [2.24, 2.45) is 0 Å². The molecule has 0 heterocycles. The van der Waals surface area contributed by atoms with Crippen LogP contribution in [0.4, 0.5) is 0 Å². The maximum absolute atomic E-state index is 10.6. The third kappa shape index (κ3) is 3.32. The van der Waals surface area contributed by atoms with E-state index in [4.69, 9.17) is 28.5 Å². The minimum atomic E-state index is -1.04. The van der Waals surface area contributed by atoms with E-state index in [-0.39, 0.29) is 0 Å². The van der Waals surface area contributed by atoms with Crippen molar-refractivity contribution in [3.8, 4) is 6.07 Å². The second-order valence-electron chi connectivity index (χ2n) is 4.89. The van der Waals surface area contributed by atoms with E-state index in [1.165, 1.54) is 0 Å². The highest BCUT2D eigenvalue weighted by molar-refractivity contribution is 6.42. The molecule has 0 aliphatic rings. The fourth-order valence-corrected chi connectivity index (χ4v) is 2.37. The van der Waals surface area contributed by atoms with E-state index in [9.17, 15) is 5.11 Å². The molecule has 0 radical (unpaired) electrons. The molecule has 1 N–H and O–H groups in total. The summed E-state index contributed by atoms with van der Waals surface area (Å²) in [7, 11) is 0. The Morgan fingerprint density at radius 1 is 1.10 bits per heavy atom. The molecule has 2 rings (SSSR count). The number of aliphatic hydroxyl groups is 1. The Bertz CT molecular complexity index is 657. The van der Waals surface area contributed by atoms with Gasteiger partial charge in [-0.15, -0.1) is 0 Å². The van der Waals surface area contributed by atoms with E-state index in [2.05, 4.69) is 6.07 Å². The first-order valence-corrected chi connectivity index (χ1v) is 6.85. The van der Waals surface area contributed by atoms with Crippen molar-refractivity contribution in [3.05, 3.63) is 69.2 Å². The van der Waals surface area contributed by atoms with Crippen LogP contribution in [-0.4, -0.2) is 5.11 Å². The fraction of sp³-hybridized carbons (Fsp3) is 0.188. The van der Waals surface area contributed by atoms with Gasteiger partial charge in [-0.2, -0.15) is 5.26 Å². The van der Waals surface area contributed by atoms with E-state index in [0.29, 0.717) is 22.0 Å². The van der Waals surface area contributed by atoms with Crippen molar-refractivity contribution >= 4 is 23.2 Å². The van der Waals surface area contributed by atoms with Gasteiger partial charge in [0.15, 0.2) is 0 Å². The van der Waals surface area contributed by atoms with Gasteiger partial charge >= 0.3 is 0 Å². The summed E-state index contributed by atoms with van der Waals surface area (Å²) in [5.41, 5.74) is 1.18. The molecule has 0 aromatic heterocycles. The lowest BCUT2D eigenvalue weighted by Gasteiger charge is -2.24. The quantitative estimate of drug-likeness (QED) is 0.918. The van der Waals surface area contributed by atoms with Gasteiger partial charge < -0.3 is 5.11 Å². The number of hydrogen-bond acceptors (Lipinski definition) is 2. The predicted molar refractivity (Wildman–Crippen MR) is 80.9 cm³/mol. The van der Waals surface area contributed by atoms with Gasteiger partial charge in [-0.05, 0) is 42.3 Å². The van der Waals surface area contributed by atoms with E-state index >= 15 is 0 Å². The lowest BCUT2D eigenvalue weighted by molar-refractivity contribution is 0.0576. The Morgan fingerprint density at radius 2 is 1.75 bits per heavy atom. The minimum absolute atomic E-state index is 0.412. The summed E-state index contributed by atoms with van der Waals surface area (Å²) in [5.74, 6) is 0. The maximum atomic E-state index is 10.6. The summed E-state index contributed by atoms with van der Waals surface area (Å²) in [6.07, 6.45) is 0.412. The summed E-state index contributed by atoms with van der Waals surface area (Å²) in [5, 5.41) is 20.4. The monoisotopic (exact) mass is 305 g/mol. The molecule has 0 aliphatic carbocycles. The van der Waals surface area contributed by atoms with E-state index < -0.39 is 5.60 Å². The molecular weight excluding hydrogens is 293 g/mol. The zero-order valence-corrected chi connectivity index (χ0v) is 12.4. The van der Waals surface area contributed by atoms with E-state index in [0.717, 1.165) is 11.1 Å². The standard InChI is InChI=1S/C16H13Cl2NO/c1-16(20,13-5-2-11(10-19)3-6-13)9-12-4-7-14(17)15(18)8-12/h2-8,20H,9H2,1H3. The highest BCUT2D eigenvalue weighted by atomic mass is 35.5. The third-order valence-electron chi connectivity index (χ3n) is 3.17. The molecule has 0 bridgehead atoms. The van der Waals surface area contributed by atoms with Crippen molar-refractivity contribution in [1.29, 1.82) is 5.26 Å². The molecule has 2 nitrogen and oxygen atoms in total. The lowest BCUT2D eigenvalue weighted by Crippen LogP contribution is -2.24. The summed E-state index contributed by atoms with van der Waals surface area (Å²) < 4.78 is 0. The molecule has 0 saturated heterocycles. The van der Waals surface area contributed by atoms with Crippen LogP contribution in [0.3, 0.4) is 0 Å². The molecule has 1 atom stereocenters. The van der Waals surface area contributed by atoms with E-state index in [1.807, 2.05) is 6.07 Å². The van der Waals surface area contributed by atoms with E-state index in [1.54, 1.807) is 43.3 Å². The summed E-state index contributed by atoms with van der Waals surface area (Å²) in [4.78, 5) is 0. The Morgan fingerprint density at radius 3 is 2.30 bits per heavy atom. The van der Waals surface area contributed by atoms with Crippen LogP contribution in [0.1, 0.15) is 23.6 Å². The van der Waals surface area contributed by atoms with Crippen LogP contribution in [0.15, 0.2) is 42.5 Å². The van der Waals surface area contributed by atoms with Gasteiger partial charge in [0.1, 0.15) is 0 Å². The van der Waals surface area contributed by atoms with Crippen molar-refractivity contribution in [2.75, 3.05) is 0 Å². The van der Waals surface area contributed by atoms with Crippen LogP contribution in [0, 0.1) is 11.3 Å². The van der Waals surface area contributed by atoms with Gasteiger partial charge in [-0.3, -0.25) is 0 Å². The van der Waals surface area contributed by atoms with Gasteiger partial charge in [-0.25, -0.2) is 0 Å². The van der Waals surface area contributed by atoms with Crippen molar-refractivity contribution < 1.29 is 5.11 Å². The maximum Gasteiger partial charge on any atom is 0.0991 e. The molecule has 4 heteroatoms. The van der Waals surface area contributed by atoms with Crippen LogP contribution >= 0.6 is 23.2 Å². The van der Waals surface area contributed by atoms with Crippen LogP contribution in [-0.2, 0) is 12.0 Å². The topological polar surface area (TPSA) is 44.0 Å². The first-order chi connectivity index (χ1) is 9.42. The number of halogens is 2. The number of rotatable bonds is 3. The predicted octanol–water partition coefficient (Wildman–Crippen LogP) is 4.32. The van der Waals surface area contributed by atoms with Crippen molar-refractivity contribution in [2.45, 2.75) is 18.9 Å². The average molecular weight is 306 g/mol. The summed E-state index contributed by atoms with van der Waals surface area (Å²) in [6.45, 7) is 1.73. The fourth-order valence-electron chi connectivity index (χ4n) is 2.05.